The van der Waals surface area contributed by atoms with Crippen molar-refractivity contribution in [2.45, 2.75) is 6.42 Å². The molecule has 0 bridgehead atoms. The van der Waals surface area contributed by atoms with Gasteiger partial charge in [-0.15, -0.1) is 0 Å². The van der Waals surface area contributed by atoms with Crippen molar-refractivity contribution in [2.75, 3.05) is 19.0 Å². The number of hydrogen-bond donors (Lipinski definition) is 1. The van der Waals surface area contributed by atoms with E-state index in [1.165, 1.54) is 0 Å². The number of rotatable bonds is 3. The van der Waals surface area contributed by atoms with Crippen molar-refractivity contribution in [1.82, 2.24) is 9.38 Å². The molecule has 0 unspecified atom stereocenters. The Morgan fingerprint density at radius 3 is 2.88 bits per heavy atom. The molecular formula is C11H13N3O2. The maximum atomic E-state index is 10.7. The Kier molecular flexibility index (Phi) is 2.52. The molecule has 0 fully saturated rings. The van der Waals surface area contributed by atoms with Crippen LogP contribution in [0.1, 0.15) is 5.69 Å². The molecule has 2 aromatic heterocycles. The van der Waals surface area contributed by atoms with Gasteiger partial charge in [0, 0.05) is 14.1 Å². The normalized spacial score (nSPS) is 10.6. The van der Waals surface area contributed by atoms with Gasteiger partial charge in [0.05, 0.1) is 17.6 Å². The maximum absolute atomic E-state index is 10.7. The number of carbonyl (C=O) groups is 1. The summed E-state index contributed by atoms with van der Waals surface area (Å²) in [5.74, 6) is 0.109. The van der Waals surface area contributed by atoms with E-state index in [2.05, 4.69) is 4.98 Å². The molecule has 0 aliphatic carbocycles. The Bertz CT molecular complexity index is 531. The number of carboxylic acid groups (broad SMARTS) is 1. The molecule has 2 rings (SSSR count). The van der Waals surface area contributed by atoms with E-state index in [4.69, 9.17) is 5.11 Å². The van der Waals surface area contributed by atoms with Crippen LogP contribution in [0.2, 0.25) is 0 Å². The Morgan fingerprint density at radius 2 is 2.25 bits per heavy atom. The van der Waals surface area contributed by atoms with Gasteiger partial charge in [-0.3, -0.25) is 9.20 Å². The lowest BCUT2D eigenvalue weighted by Crippen LogP contribution is -2.12. The second-order valence-corrected chi connectivity index (χ2v) is 3.80. The zero-order valence-electron chi connectivity index (χ0n) is 9.21. The average Bonchev–Trinajstić information content (AvgIpc) is 2.60. The highest BCUT2D eigenvalue weighted by molar-refractivity contribution is 5.73. The van der Waals surface area contributed by atoms with Crippen molar-refractivity contribution in [3.63, 3.8) is 0 Å². The van der Waals surface area contributed by atoms with Crippen LogP contribution in [0.4, 0.5) is 5.82 Å². The molecule has 0 radical (unpaired) electrons. The number of aliphatic carboxylic acids is 1. The van der Waals surface area contributed by atoms with Crippen LogP contribution in [0, 0.1) is 0 Å². The Labute approximate surface area is 92.9 Å². The summed E-state index contributed by atoms with van der Waals surface area (Å²) in [6.07, 6.45) is 1.61. The van der Waals surface area contributed by atoms with Gasteiger partial charge in [-0.25, -0.2) is 4.98 Å². The van der Waals surface area contributed by atoms with Crippen LogP contribution in [0.5, 0.6) is 0 Å². The smallest absolute Gasteiger partial charge is 0.309 e. The summed E-state index contributed by atoms with van der Waals surface area (Å²) in [5.41, 5.74) is 1.44. The molecule has 2 aromatic rings. The molecule has 0 aromatic carbocycles. The Balaban J connectivity index is 2.57. The first-order valence-electron chi connectivity index (χ1n) is 4.93. The maximum Gasteiger partial charge on any atom is 0.309 e. The van der Waals surface area contributed by atoms with Crippen molar-refractivity contribution in [1.29, 1.82) is 0 Å². The van der Waals surface area contributed by atoms with Gasteiger partial charge in [0.15, 0.2) is 0 Å². The zero-order chi connectivity index (χ0) is 11.7. The van der Waals surface area contributed by atoms with Gasteiger partial charge in [-0.2, -0.15) is 0 Å². The largest absolute Gasteiger partial charge is 0.481 e. The minimum Gasteiger partial charge on any atom is -0.481 e. The molecule has 0 spiro atoms. The molecule has 1 N–H and O–H groups in total. The lowest BCUT2D eigenvalue weighted by molar-refractivity contribution is -0.136. The molecule has 84 valence electrons. The predicted octanol–water partition coefficient (Wildman–Crippen LogP) is 1.03. The molecule has 0 saturated carbocycles. The van der Waals surface area contributed by atoms with Crippen LogP contribution in [-0.4, -0.2) is 34.6 Å². The van der Waals surface area contributed by atoms with E-state index in [-0.39, 0.29) is 6.42 Å². The fraction of sp³-hybridized carbons (Fsp3) is 0.273. The number of fused-ring (bicyclic) bond motifs is 1. The number of imidazole rings is 1. The molecule has 0 atom stereocenters. The summed E-state index contributed by atoms with van der Waals surface area (Å²) in [6, 6.07) is 5.73. The fourth-order valence-corrected chi connectivity index (χ4v) is 1.70. The van der Waals surface area contributed by atoms with E-state index in [1.54, 1.807) is 6.33 Å². The van der Waals surface area contributed by atoms with Crippen molar-refractivity contribution in [3.8, 4) is 0 Å². The lowest BCUT2D eigenvalue weighted by atomic mass is 10.2. The minimum atomic E-state index is -0.865. The van der Waals surface area contributed by atoms with Gasteiger partial charge in [0.2, 0.25) is 0 Å². The first-order chi connectivity index (χ1) is 7.59. The third-order valence-electron chi connectivity index (χ3n) is 2.41. The van der Waals surface area contributed by atoms with Gasteiger partial charge in [-0.05, 0) is 12.1 Å². The second kappa shape index (κ2) is 3.84. The summed E-state index contributed by atoms with van der Waals surface area (Å²) in [6.45, 7) is 0. The monoisotopic (exact) mass is 219 g/mol. The molecule has 0 saturated heterocycles. The number of nitrogens with zero attached hydrogens (tertiary/aromatic N) is 3. The summed E-state index contributed by atoms with van der Waals surface area (Å²) in [4.78, 5) is 16.8. The van der Waals surface area contributed by atoms with Gasteiger partial charge in [0.1, 0.15) is 12.1 Å². The summed E-state index contributed by atoms with van der Waals surface area (Å²) < 4.78 is 1.89. The lowest BCUT2D eigenvalue weighted by Gasteiger charge is -2.14. The minimum absolute atomic E-state index is 0.0482. The standard InChI is InChI=1S/C11H13N3O2/c1-13(2)10-5-3-4-9-8(6-11(15)16)12-7-14(9)10/h3-5,7H,6H2,1-2H3,(H,15,16). The number of pyridine rings is 1. The van der Waals surface area contributed by atoms with Crippen LogP contribution in [0.3, 0.4) is 0 Å². The molecule has 16 heavy (non-hydrogen) atoms. The predicted molar refractivity (Wildman–Crippen MR) is 60.9 cm³/mol. The molecule has 0 aliphatic rings. The topological polar surface area (TPSA) is 57.8 Å². The highest BCUT2D eigenvalue weighted by Crippen LogP contribution is 2.18. The number of anilines is 1. The van der Waals surface area contributed by atoms with Crippen LogP contribution >= 0.6 is 0 Å². The van der Waals surface area contributed by atoms with Crippen molar-refractivity contribution < 1.29 is 9.90 Å². The van der Waals surface area contributed by atoms with Crippen molar-refractivity contribution >= 4 is 17.3 Å². The van der Waals surface area contributed by atoms with E-state index in [9.17, 15) is 4.79 Å². The van der Waals surface area contributed by atoms with Gasteiger partial charge >= 0.3 is 5.97 Å². The van der Waals surface area contributed by atoms with E-state index < -0.39 is 5.97 Å². The van der Waals surface area contributed by atoms with Crippen LogP contribution < -0.4 is 4.90 Å². The fourth-order valence-electron chi connectivity index (χ4n) is 1.70. The second-order valence-electron chi connectivity index (χ2n) is 3.80. The summed E-state index contributed by atoms with van der Waals surface area (Å²) >= 11 is 0. The van der Waals surface area contributed by atoms with Crippen molar-refractivity contribution in [2.24, 2.45) is 0 Å². The first kappa shape index (κ1) is 10.5. The summed E-state index contributed by atoms with van der Waals surface area (Å²) in [5, 5.41) is 8.76. The number of aromatic nitrogens is 2. The van der Waals surface area contributed by atoms with Crippen LogP contribution in [0.25, 0.3) is 5.52 Å². The molecule has 0 amide bonds. The van der Waals surface area contributed by atoms with Gasteiger partial charge < -0.3 is 10.0 Å². The van der Waals surface area contributed by atoms with Gasteiger partial charge in [-0.1, -0.05) is 6.07 Å². The zero-order valence-corrected chi connectivity index (χ0v) is 9.21. The first-order valence-corrected chi connectivity index (χ1v) is 4.93. The molecule has 2 heterocycles. The third-order valence-corrected chi connectivity index (χ3v) is 2.41. The van der Waals surface area contributed by atoms with Crippen molar-refractivity contribution in [3.05, 3.63) is 30.2 Å². The average molecular weight is 219 g/mol. The number of carboxylic acids is 1. The highest BCUT2D eigenvalue weighted by Gasteiger charge is 2.10. The van der Waals surface area contributed by atoms with E-state index in [0.29, 0.717) is 5.69 Å². The summed E-state index contributed by atoms with van der Waals surface area (Å²) in [7, 11) is 3.87. The Hall–Kier alpha value is -2.04. The quantitative estimate of drug-likeness (QED) is 0.837. The molecular weight excluding hydrogens is 206 g/mol. The van der Waals surface area contributed by atoms with Crippen LogP contribution in [-0.2, 0) is 11.2 Å². The van der Waals surface area contributed by atoms with E-state index in [1.807, 2.05) is 41.6 Å². The number of hydrogen-bond acceptors (Lipinski definition) is 3. The molecule has 0 aliphatic heterocycles. The van der Waals surface area contributed by atoms with E-state index >= 15 is 0 Å². The van der Waals surface area contributed by atoms with Crippen LogP contribution in [0.15, 0.2) is 24.5 Å². The van der Waals surface area contributed by atoms with E-state index in [0.717, 1.165) is 11.3 Å². The molecule has 5 heteroatoms. The SMILES string of the molecule is CN(C)c1cccc2c(CC(=O)O)ncn12. The molecule has 5 nitrogen and oxygen atoms in total. The third kappa shape index (κ3) is 1.71. The highest BCUT2D eigenvalue weighted by atomic mass is 16.4. The Morgan fingerprint density at radius 1 is 1.50 bits per heavy atom. The van der Waals surface area contributed by atoms with Gasteiger partial charge in [0.25, 0.3) is 0 Å².